The van der Waals surface area contributed by atoms with Crippen LogP contribution in [0.4, 0.5) is 0 Å². The number of carbonyl (C=O) groups is 1. The summed E-state index contributed by atoms with van der Waals surface area (Å²) in [6, 6.07) is 13.4. The fraction of sp³-hybridized carbons (Fsp3) is 0.389. The maximum absolute atomic E-state index is 12.6. The van der Waals surface area contributed by atoms with Gasteiger partial charge in [-0.3, -0.25) is 9.59 Å². The van der Waals surface area contributed by atoms with Crippen LogP contribution < -0.4 is 5.56 Å². The lowest BCUT2D eigenvalue weighted by molar-refractivity contribution is -0.132. The lowest BCUT2D eigenvalue weighted by Gasteiger charge is -2.25. The van der Waals surface area contributed by atoms with Crippen molar-refractivity contribution >= 4 is 5.91 Å². The Balaban J connectivity index is 1.72. The third kappa shape index (κ3) is 3.86. The average molecular weight is 311 g/mol. The van der Waals surface area contributed by atoms with E-state index in [0.29, 0.717) is 12.5 Å². The standard InChI is InChI=1S/C18H21N3O2/c22-17-10-6-11-19-21(17)14-18(23)20-12-5-4-9-16(13-20)15-7-2-1-3-8-15/h1-3,6-8,10-11,16H,4-5,9,12-14H2. The van der Waals surface area contributed by atoms with Crippen molar-refractivity contribution in [1.82, 2.24) is 14.7 Å². The van der Waals surface area contributed by atoms with Crippen molar-refractivity contribution in [3.63, 3.8) is 0 Å². The van der Waals surface area contributed by atoms with E-state index in [-0.39, 0.29) is 18.0 Å². The zero-order chi connectivity index (χ0) is 16.1. The zero-order valence-electron chi connectivity index (χ0n) is 13.1. The van der Waals surface area contributed by atoms with Crippen LogP contribution in [-0.4, -0.2) is 33.7 Å². The highest BCUT2D eigenvalue weighted by Crippen LogP contribution is 2.26. The topological polar surface area (TPSA) is 55.2 Å². The van der Waals surface area contributed by atoms with Gasteiger partial charge in [0.1, 0.15) is 6.54 Å². The molecule has 2 aromatic rings. The molecule has 1 atom stereocenters. The molecule has 1 aromatic heterocycles. The van der Waals surface area contributed by atoms with Gasteiger partial charge in [0.2, 0.25) is 5.91 Å². The number of rotatable bonds is 3. The van der Waals surface area contributed by atoms with Crippen molar-refractivity contribution < 1.29 is 4.79 Å². The minimum Gasteiger partial charge on any atom is -0.340 e. The summed E-state index contributed by atoms with van der Waals surface area (Å²) in [6.07, 6.45) is 4.75. The molecule has 0 N–H and O–H groups in total. The second-order valence-electron chi connectivity index (χ2n) is 5.96. The number of carbonyl (C=O) groups excluding carboxylic acids is 1. The molecule has 120 valence electrons. The van der Waals surface area contributed by atoms with Crippen LogP contribution >= 0.6 is 0 Å². The summed E-state index contributed by atoms with van der Waals surface area (Å²) in [5.74, 6) is 0.330. The number of hydrogen-bond donors (Lipinski definition) is 0. The second-order valence-corrected chi connectivity index (χ2v) is 5.96. The molecular weight excluding hydrogens is 290 g/mol. The van der Waals surface area contributed by atoms with Gasteiger partial charge in [0, 0.05) is 31.3 Å². The van der Waals surface area contributed by atoms with Crippen LogP contribution in [0.25, 0.3) is 0 Å². The molecule has 5 nitrogen and oxygen atoms in total. The highest BCUT2D eigenvalue weighted by molar-refractivity contribution is 5.76. The fourth-order valence-corrected chi connectivity index (χ4v) is 3.10. The molecule has 1 unspecified atom stereocenters. The van der Waals surface area contributed by atoms with E-state index >= 15 is 0 Å². The van der Waals surface area contributed by atoms with Gasteiger partial charge in [-0.25, -0.2) is 4.68 Å². The van der Waals surface area contributed by atoms with Crippen LogP contribution in [0.5, 0.6) is 0 Å². The van der Waals surface area contributed by atoms with E-state index in [1.165, 1.54) is 22.5 Å². The Morgan fingerprint density at radius 1 is 1.13 bits per heavy atom. The predicted octanol–water partition coefficient (Wildman–Crippen LogP) is 2.04. The molecule has 0 bridgehead atoms. The van der Waals surface area contributed by atoms with Gasteiger partial charge in [-0.1, -0.05) is 36.8 Å². The normalized spacial score (nSPS) is 18.4. The lowest BCUT2D eigenvalue weighted by atomic mass is 9.94. The number of hydrogen-bond acceptors (Lipinski definition) is 3. The third-order valence-corrected chi connectivity index (χ3v) is 4.37. The first-order chi connectivity index (χ1) is 11.2. The van der Waals surface area contributed by atoms with Crippen molar-refractivity contribution in [2.45, 2.75) is 31.7 Å². The van der Waals surface area contributed by atoms with Crippen molar-refractivity contribution in [1.29, 1.82) is 0 Å². The quantitative estimate of drug-likeness (QED) is 0.871. The fourth-order valence-electron chi connectivity index (χ4n) is 3.10. The number of nitrogens with zero attached hydrogens (tertiary/aromatic N) is 3. The number of likely N-dealkylation sites (tertiary alicyclic amines) is 1. The zero-order valence-corrected chi connectivity index (χ0v) is 13.1. The minimum atomic E-state index is -0.240. The molecule has 1 aromatic carbocycles. The van der Waals surface area contributed by atoms with Crippen LogP contribution in [0, 0.1) is 0 Å². The van der Waals surface area contributed by atoms with Gasteiger partial charge in [0.25, 0.3) is 5.56 Å². The molecule has 0 saturated carbocycles. The van der Waals surface area contributed by atoms with Crippen LogP contribution in [0.2, 0.25) is 0 Å². The van der Waals surface area contributed by atoms with Gasteiger partial charge < -0.3 is 4.90 Å². The minimum absolute atomic E-state index is 0.0151. The van der Waals surface area contributed by atoms with Gasteiger partial charge in [-0.05, 0) is 24.5 Å². The van der Waals surface area contributed by atoms with Gasteiger partial charge in [-0.2, -0.15) is 5.10 Å². The Morgan fingerprint density at radius 2 is 1.96 bits per heavy atom. The predicted molar refractivity (Wildman–Crippen MR) is 88.1 cm³/mol. The first-order valence-corrected chi connectivity index (χ1v) is 8.09. The highest BCUT2D eigenvalue weighted by atomic mass is 16.2. The molecule has 1 amide bonds. The van der Waals surface area contributed by atoms with E-state index in [4.69, 9.17) is 0 Å². The summed E-state index contributed by atoms with van der Waals surface area (Å²) in [5, 5.41) is 3.97. The van der Waals surface area contributed by atoms with E-state index < -0.39 is 0 Å². The number of amides is 1. The van der Waals surface area contributed by atoms with Gasteiger partial charge in [0.05, 0.1) is 0 Å². The van der Waals surface area contributed by atoms with E-state index in [0.717, 1.165) is 25.8 Å². The van der Waals surface area contributed by atoms with Crippen molar-refractivity contribution in [2.24, 2.45) is 0 Å². The Bertz CT molecular complexity index is 711. The van der Waals surface area contributed by atoms with Crippen molar-refractivity contribution in [3.05, 3.63) is 64.6 Å². The van der Waals surface area contributed by atoms with Crippen LogP contribution in [0.15, 0.2) is 53.5 Å². The molecular formula is C18H21N3O2. The molecule has 1 fully saturated rings. The van der Waals surface area contributed by atoms with Gasteiger partial charge in [0.15, 0.2) is 0 Å². The second kappa shape index (κ2) is 7.22. The van der Waals surface area contributed by atoms with Gasteiger partial charge in [-0.15, -0.1) is 0 Å². The monoisotopic (exact) mass is 311 g/mol. The lowest BCUT2D eigenvalue weighted by Crippen LogP contribution is -2.39. The van der Waals surface area contributed by atoms with Crippen molar-refractivity contribution in [3.8, 4) is 0 Å². The largest absolute Gasteiger partial charge is 0.340 e. The number of benzene rings is 1. The van der Waals surface area contributed by atoms with Crippen LogP contribution in [0.1, 0.15) is 30.7 Å². The molecule has 2 heterocycles. The smallest absolute Gasteiger partial charge is 0.267 e. The molecule has 3 rings (SSSR count). The highest BCUT2D eigenvalue weighted by Gasteiger charge is 2.23. The summed E-state index contributed by atoms with van der Waals surface area (Å²) in [4.78, 5) is 26.2. The van der Waals surface area contributed by atoms with E-state index in [9.17, 15) is 9.59 Å². The average Bonchev–Trinajstić information content (AvgIpc) is 2.84. The van der Waals surface area contributed by atoms with E-state index in [1.54, 1.807) is 6.07 Å². The van der Waals surface area contributed by atoms with Gasteiger partial charge >= 0.3 is 0 Å². The molecule has 23 heavy (non-hydrogen) atoms. The van der Waals surface area contributed by atoms with E-state index in [2.05, 4.69) is 17.2 Å². The number of aromatic nitrogens is 2. The summed E-state index contributed by atoms with van der Waals surface area (Å²) in [7, 11) is 0. The van der Waals surface area contributed by atoms with Crippen LogP contribution in [0.3, 0.4) is 0 Å². The maximum atomic E-state index is 12.6. The van der Waals surface area contributed by atoms with E-state index in [1.807, 2.05) is 23.1 Å². The Labute approximate surface area is 135 Å². The Kier molecular flexibility index (Phi) is 4.86. The molecule has 5 heteroatoms. The molecule has 1 aliphatic rings. The summed E-state index contributed by atoms with van der Waals surface area (Å²) < 4.78 is 1.23. The summed E-state index contributed by atoms with van der Waals surface area (Å²) in [5.41, 5.74) is 1.04. The Morgan fingerprint density at radius 3 is 2.74 bits per heavy atom. The van der Waals surface area contributed by atoms with Crippen LogP contribution in [-0.2, 0) is 11.3 Å². The summed E-state index contributed by atoms with van der Waals surface area (Å²) >= 11 is 0. The molecule has 0 spiro atoms. The van der Waals surface area contributed by atoms with Crippen molar-refractivity contribution in [2.75, 3.05) is 13.1 Å². The Hall–Kier alpha value is -2.43. The molecule has 1 saturated heterocycles. The first kappa shape index (κ1) is 15.5. The summed E-state index contributed by atoms with van der Waals surface area (Å²) in [6.45, 7) is 1.48. The first-order valence-electron chi connectivity index (χ1n) is 8.09. The molecule has 0 aliphatic carbocycles. The SMILES string of the molecule is O=C(Cn1ncccc1=O)N1CCCCC(c2ccccc2)C1. The third-order valence-electron chi connectivity index (χ3n) is 4.37. The maximum Gasteiger partial charge on any atom is 0.267 e. The molecule has 0 radical (unpaired) electrons. The molecule has 1 aliphatic heterocycles.